The van der Waals surface area contributed by atoms with E-state index in [1.54, 1.807) is 16.9 Å². The summed E-state index contributed by atoms with van der Waals surface area (Å²) in [6, 6.07) is 8.57. The fourth-order valence-corrected chi connectivity index (χ4v) is 5.86. The van der Waals surface area contributed by atoms with Gasteiger partial charge in [-0.1, -0.05) is 12.1 Å². The fraction of sp³-hybridized carbons (Fsp3) is 0.320. The lowest BCUT2D eigenvalue weighted by molar-refractivity contribution is -0.0610. The molecule has 1 fully saturated rings. The number of hydrogen-bond acceptors (Lipinski definition) is 6. The number of benzene rings is 1. The first-order valence-electron chi connectivity index (χ1n) is 12.0. The maximum absolute atomic E-state index is 13.0. The lowest BCUT2D eigenvalue weighted by atomic mass is 9.93. The first-order chi connectivity index (χ1) is 17.4. The molecule has 1 aliphatic carbocycles. The molecule has 186 valence electrons. The molecular weight excluding hydrogens is 480 g/mol. The third kappa shape index (κ3) is 4.14. The summed E-state index contributed by atoms with van der Waals surface area (Å²) in [6.07, 6.45) is 8.88. The van der Waals surface area contributed by atoms with Crippen LogP contribution in [0.3, 0.4) is 0 Å². The number of carbonyl (C=O) groups is 1. The van der Waals surface area contributed by atoms with Crippen LogP contribution < -0.4 is 10.0 Å². The van der Waals surface area contributed by atoms with E-state index in [1.807, 2.05) is 31.3 Å². The van der Waals surface area contributed by atoms with E-state index >= 15 is 0 Å². The quantitative estimate of drug-likeness (QED) is 0.414. The third-order valence-electron chi connectivity index (χ3n) is 6.82. The number of anilines is 1. The van der Waals surface area contributed by atoms with Crippen molar-refractivity contribution in [1.82, 2.24) is 24.1 Å². The third-order valence-corrected chi connectivity index (χ3v) is 8.05. The molecule has 1 saturated heterocycles. The molecule has 0 spiro atoms. The number of rotatable bonds is 6. The van der Waals surface area contributed by atoms with Crippen molar-refractivity contribution in [3.63, 3.8) is 0 Å². The van der Waals surface area contributed by atoms with Crippen LogP contribution in [0.5, 0.6) is 0 Å². The Morgan fingerprint density at radius 1 is 1.22 bits per heavy atom. The predicted octanol–water partition coefficient (Wildman–Crippen LogP) is 3.29. The van der Waals surface area contributed by atoms with E-state index in [0.717, 1.165) is 53.5 Å². The Morgan fingerprint density at radius 2 is 2.08 bits per heavy atom. The molecule has 0 unspecified atom stereocenters. The van der Waals surface area contributed by atoms with E-state index in [9.17, 15) is 13.2 Å². The first-order valence-corrected chi connectivity index (χ1v) is 13.4. The van der Waals surface area contributed by atoms with Gasteiger partial charge in [0.15, 0.2) is 5.03 Å². The van der Waals surface area contributed by atoms with Crippen molar-refractivity contribution in [3.8, 4) is 11.1 Å². The molecule has 11 heteroatoms. The highest BCUT2D eigenvalue weighted by Crippen LogP contribution is 2.40. The van der Waals surface area contributed by atoms with Crippen LogP contribution in [-0.2, 0) is 34.1 Å². The lowest BCUT2D eigenvalue weighted by Gasteiger charge is -2.25. The summed E-state index contributed by atoms with van der Waals surface area (Å²) in [4.78, 5) is 13.0. The Morgan fingerprint density at radius 3 is 2.89 bits per heavy atom. The van der Waals surface area contributed by atoms with Gasteiger partial charge in [-0.15, -0.1) is 0 Å². The molecule has 0 saturated carbocycles. The Bertz CT molecular complexity index is 1590. The summed E-state index contributed by atoms with van der Waals surface area (Å²) in [5.74, 6) is 0. The van der Waals surface area contributed by atoms with Gasteiger partial charge in [0.25, 0.3) is 10.0 Å². The molecule has 6 rings (SSSR count). The van der Waals surface area contributed by atoms with E-state index < -0.39 is 16.1 Å². The first kappa shape index (κ1) is 22.7. The lowest BCUT2D eigenvalue weighted by Crippen LogP contribution is -2.35. The average molecular weight is 507 g/mol. The Hall–Kier alpha value is -3.70. The maximum Gasteiger partial charge on any atom is 0.333 e. The molecule has 2 amide bonds. The van der Waals surface area contributed by atoms with Crippen molar-refractivity contribution in [2.75, 3.05) is 11.9 Å². The number of aryl methyl sites for hydroxylation is 2. The number of urea groups is 1. The molecule has 1 aliphatic heterocycles. The molecular formula is C25H26N6O4S. The largest absolute Gasteiger partial charge is 0.376 e. The number of pyridine rings is 1. The van der Waals surface area contributed by atoms with E-state index in [4.69, 9.17) is 4.74 Å². The number of carbonyl (C=O) groups excluding carboxylic acids is 1. The van der Waals surface area contributed by atoms with Crippen molar-refractivity contribution in [1.29, 1.82) is 0 Å². The topological polar surface area (TPSA) is 120 Å². The van der Waals surface area contributed by atoms with Crippen LogP contribution in [-0.4, -0.2) is 46.6 Å². The van der Waals surface area contributed by atoms with Crippen LogP contribution in [0.4, 0.5) is 10.5 Å². The van der Waals surface area contributed by atoms with Crippen LogP contribution in [0.2, 0.25) is 0 Å². The average Bonchev–Trinajstić information content (AvgIpc) is 3.55. The predicted molar refractivity (Wildman–Crippen MR) is 133 cm³/mol. The molecule has 3 aromatic heterocycles. The molecule has 2 N–H and O–H groups in total. The van der Waals surface area contributed by atoms with Gasteiger partial charge in [-0.2, -0.15) is 18.6 Å². The second-order valence-corrected chi connectivity index (χ2v) is 10.9. The van der Waals surface area contributed by atoms with Crippen molar-refractivity contribution in [2.45, 2.75) is 50.3 Å². The normalized spacial score (nSPS) is 17.1. The Balaban J connectivity index is 1.29. The number of nitrogens with zero attached hydrogens (tertiary/aromatic N) is 4. The monoisotopic (exact) mass is 506 g/mol. The van der Waals surface area contributed by atoms with Gasteiger partial charge in [-0.25, -0.2) is 14.0 Å². The zero-order chi connectivity index (χ0) is 24.9. The van der Waals surface area contributed by atoms with Gasteiger partial charge in [0.1, 0.15) is 0 Å². The summed E-state index contributed by atoms with van der Waals surface area (Å²) in [5.41, 5.74) is 6.53. The van der Waals surface area contributed by atoms with E-state index in [1.165, 1.54) is 16.3 Å². The number of nitrogens with one attached hydrogen (secondary N) is 2. The molecule has 4 heterocycles. The minimum absolute atomic E-state index is 0.0412. The maximum atomic E-state index is 13.0. The molecule has 0 bridgehead atoms. The number of sulfonamides is 1. The van der Waals surface area contributed by atoms with Gasteiger partial charge < -0.3 is 10.1 Å². The van der Waals surface area contributed by atoms with Gasteiger partial charge >= 0.3 is 6.03 Å². The highest BCUT2D eigenvalue weighted by atomic mass is 32.2. The number of hydrogen-bond donors (Lipinski definition) is 2. The van der Waals surface area contributed by atoms with Crippen LogP contribution >= 0.6 is 0 Å². The van der Waals surface area contributed by atoms with Crippen LogP contribution in [0.15, 0.2) is 53.9 Å². The van der Waals surface area contributed by atoms with E-state index in [2.05, 4.69) is 26.3 Å². The Labute approximate surface area is 208 Å². The molecule has 1 aromatic carbocycles. The highest BCUT2D eigenvalue weighted by molar-refractivity contribution is 7.90. The summed E-state index contributed by atoms with van der Waals surface area (Å²) >= 11 is 0. The van der Waals surface area contributed by atoms with Gasteiger partial charge in [0, 0.05) is 36.3 Å². The van der Waals surface area contributed by atoms with Crippen molar-refractivity contribution in [3.05, 3.63) is 65.6 Å². The summed E-state index contributed by atoms with van der Waals surface area (Å²) in [6.45, 7) is 3.18. The van der Waals surface area contributed by atoms with Crippen LogP contribution in [0.25, 0.3) is 16.6 Å². The second-order valence-electron chi connectivity index (χ2n) is 9.27. The number of amides is 2. The fourth-order valence-electron chi connectivity index (χ4n) is 5.00. The number of ether oxygens (including phenoxy) is 1. The standard InChI is InChI=1S/C25H26N6O4S/c1-16-13-17-3-2-4-21(17)24(23(16)18-5-6-19-7-10-26-31(19)14-18)27-25(32)29-36(33,34)22-8-11-30(28-22)15-20-9-12-35-20/h5-8,10-11,13-14,20H,2-4,9,12,15H2,1H3,(H2,27,29,32)/t20-/m0/s1. The highest BCUT2D eigenvalue weighted by Gasteiger charge is 2.26. The molecule has 1 atom stereocenters. The summed E-state index contributed by atoms with van der Waals surface area (Å²) < 4.78 is 36.6. The molecule has 10 nitrogen and oxygen atoms in total. The van der Waals surface area contributed by atoms with Crippen molar-refractivity contribution in [2.24, 2.45) is 0 Å². The van der Waals surface area contributed by atoms with E-state index in [0.29, 0.717) is 18.8 Å². The zero-order valence-electron chi connectivity index (χ0n) is 19.8. The van der Waals surface area contributed by atoms with Gasteiger partial charge in [0.05, 0.1) is 23.9 Å². The second kappa shape index (κ2) is 8.75. The SMILES string of the molecule is Cc1cc2c(c(NC(=O)NS(=O)(=O)c3ccn(C[C@@H]4CCO4)n3)c1-c1ccc3ccnn3c1)CCC2. The number of fused-ring (bicyclic) bond motifs is 2. The molecule has 2 aliphatic rings. The minimum Gasteiger partial charge on any atom is -0.376 e. The van der Waals surface area contributed by atoms with Crippen molar-refractivity contribution < 1.29 is 17.9 Å². The number of aromatic nitrogens is 4. The van der Waals surface area contributed by atoms with Crippen molar-refractivity contribution >= 4 is 27.3 Å². The minimum atomic E-state index is -4.16. The smallest absolute Gasteiger partial charge is 0.333 e. The summed E-state index contributed by atoms with van der Waals surface area (Å²) in [5, 5.41) is 11.1. The molecule has 4 aromatic rings. The van der Waals surface area contributed by atoms with E-state index in [-0.39, 0.29) is 11.1 Å². The summed E-state index contributed by atoms with van der Waals surface area (Å²) in [7, 11) is -4.16. The van der Waals surface area contributed by atoms with Gasteiger partial charge in [-0.05, 0) is 67.5 Å². The van der Waals surface area contributed by atoms with Gasteiger partial charge in [0.2, 0.25) is 0 Å². The Kier molecular flexibility index (Phi) is 5.53. The van der Waals surface area contributed by atoms with Gasteiger partial charge in [-0.3, -0.25) is 4.68 Å². The molecule has 36 heavy (non-hydrogen) atoms. The van der Waals surface area contributed by atoms with Crippen LogP contribution in [0.1, 0.15) is 29.5 Å². The zero-order valence-corrected chi connectivity index (χ0v) is 20.6. The van der Waals surface area contributed by atoms with Crippen LogP contribution in [0, 0.1) is 6.92 Å². The molecule has 0 radical (unpaired) electrons.